The van der Waals surface area contributed by atoms with E-state index in [1.165, 1.54) is 12.3 Å². The average molecular weight is 192 g/mol. The van der Waals surface area contributed by atoms with E-state index in [9.17, 15) is 4.39 Å². The van der Waals surface area contributed by atoms with E-state index in [-0.39, 0.29) is 0 Å². The van der Waals surface area contributed by atoms with Gasteiger partial charge in [0.25, 0.3) is 0 Å². The molecule has 0 atom stereocenters. The Morgan fingerprint density at radius 3 is 2.93 bits per heavy atom. The summed E-state index contributed by atoms with van der Waals surface area (Å²) in [6.45, 7) is 0. The largest absolute Gasteiger partial charge is 0.339 e. The molecule has 0 aliphatic heterocycles. The molecule has 2 aromatic rings. The number of aromatic nitrogens is 3. The summed E-state index contributed by atoms with van der Waals surface area (Å²) in [6.07, 6.45) is 3.21. The quantitative estimate of drug-likeness (QED) is 0.736. The molecule has 5 heteroatoms. The highest BCUT2D eigenvalue weighted by atomic mass is 19.1. The van der Waals surface area contributed by atoms with Crippen molar-refractivity contribution in [1.29, 1.82) is 0 Å². The Labute approximate surface area is 80.4 Å². The number of aryl methyl sites for hydroxylation is 1. The van der Waals surface area contributed by atoms with Gasteiger partial charge in [0.1, 0.15) is 0 Å². The van der Waals surface area contributed by atoms with Crippen molar-refractivity contribution in [1.82, 2.24) is 14.8 Å². The lowest BCUT2D eigenvalue weighted by Gasteiger charge is -2.01. The lowest BCUT2D eigenvalue weighted by Crippen LogP contribution is -1.94. The van der Waals surface area contributed by atoms with E-state index in [0.717, 1.165) is 0 Å². The fourth-order valence-corrected chi connectivity index (χ4v) is 1.11. The maximum atomic E-state index is 12.7. The predicted molar refractivity (Wildman–Crippen MR) is 50.7 cm³/mol. The predicted octanol–water partition coefficient (Wildman–Crippen LogP) is 1.70. The smallest absolute Gasteiger partial charge is 0.214 e. The summed E-state index contributed by atoms with van der Waals surface area (Å²) >= 11 is 0. The first-order chi connectivity index (χ1) is 6.74. The third-order valence-corrected chi connectivity index (χ3v) is 1.71. The van der Waals surface area contributed by atoms with Crippen molar-refractivity contribution in [2.75, 3.05) is 5.32 Å². The lowest BCUT2D eigenvalue weighted by atomic mass is 10.4. The van der Waals surface area contributed by atoms with E-state index >= 15 is 0 Å². The van der Waals surface area contributed by atoms with Crippen LogP contribution >= 0.6 is 0 Å². The summed E-state index contributed by atoms with van der Waals surface area (Å²) in [5.41, 5.74) is 0.635. The van der Waals surface area contributed by atoms with E-state index in [1.54, 1.807) is 23.0 Å². The number of hydrogen-bond donors (Lipinski definition) is 1. The Kier molecular flexibility index (Phi) is 2.14. The third-order valence-electron chi connectivity index (χ3n) is 1.71. The third kappa shape index (κ3) is 1.87. The van der Waals surface area contributed by atoms with Crippen LogP contribution in [0.2, 0.25) is 0 Å². The van der Waals surface area contributed by atoms with Gasteiger partial charge in [-0.25, -0.2) is 4.98 Å². The number of nitrogens with one attached hydrogen (secondary N) is 1. The minimum atomic E-state index is -0.508. The molecule has 0 aliphatic carbocycles. The second kappa shape index (κ2) is 3.45. The lowest BCUT2D eigenvalue weighted by molar-refractivity contribution is 0.584. The number of hydrogen-bond acceptors (Lipinski definition) is 3. The van der Waals surface area contributed by atoms with Crippen LogP contribution in [0.15, 0.2) is 30.6 Å². The van der Waals surface area contributed by atoms with Gasteiger partial charge in [0.2, 0.25) is 5.95 Å². The van der Waals surface area contributed by atoms with Crippen molar-refractivity contribution in [2.45, 2.75) is 0 Å². The van der Waals surface area contributed by atoms with Crippen molar-refractivity contribution in [2.24, 2.45) is 7.05 Å². The van der Waals surface area contributed by atoms with Crippen LogP contribution < -0.4 is 5.32 Å². The molecule has 1 N–H and O–H groups in total. The SMILES string of the molecule is Cn1ccc(Nc2ccnc(F)c2)n1. The van der Waals surface area contributed by atoms with Crippen LogP contribution in [0.3, 0.4) is 0 Å². The summed E-state index contributed by atoms with van der Waals surface area (Å²) < 4.78 is 14.4. The summed E-state index contributed by atoms with van der Waals surface area (Å²) in [7, 11) is 1.82. The topological polar surface area (TPSA) is 42.7 Å². The molecule has 0 saturated heterocycles. The van der Waals surface area contributed by atoms with Gasteiger partial charge in [0, 0.05) is 37.3 Å². The van der Waals surface area contributed by atoms with Gasteiger partial charge in [-0.05, 0) is 6.07 Å². The molecule has 0 amide bonds. The zero-order chi connectivity index (χ0) is 9.97. The molecule has 0 fully saturated rings. The first-order valence-corrected chi connectivity index (χ1v) is 4.12. The molecule has 0 spiro atoms. The Morgan fingerprint density at radius 1 is 1.43 bits per heavy atom. The number of anilines is 2. The van der Waals surface area contributed by atoms with Crippen LogP contribution in [0.4, 0.5) is 15.9 Å². The molecule has 0 unspecified atom stereocenters. The first kappa shape index (κ1) is 8.68. The van der Waals surface area contributed by atoms with E-state index in [4.69, 9.17) is 0 Å². The second-order valence-electron chi connectivity index (χ2n) is 2.87. The normalized spacial score (nSPS) is 10.1. The minimum Gasteiger partial charge on any atom is -0.339 e. The van der Waals surface area contributed by atoms with E-state index in [2.05, 4.69) is 15.4 Å². The number of halogens is 1. The number of pyridine rings is 1. The van der Waals surface area contributed by atoms with Gasteiger partial charge < -0.3 is 5.32 Å². The molecule has 0 bridgehead atoms. The molecule has 2 aromatic heterocycles. The summed E-state index contributed by atoms with van der Waals surface area (Å²) in [4.78, 5) is 3.45. The Hall–Kier alpha value is -1.91. The van der Waals surface area contributed by atoms with Gasteiger partial charge in [-0.1, -0.05) is 0 Å². The Bertz CT molecular complexity index is 438. The van der Waals surface area contributed by atoms with Crippen LogP contribution in [0.1, 0.15) is 0 Å². The van der Waals surface area contributed by atoms with Crippen LogP contribution in [0.25, 0.3) is 0 Å². The van der Waals surface area contributed by atoms with E-state index < -0.39 is 5.95 Å². The van der Waals surface area contributed by atoms with Crippen molar-refractivity contribution in [3.63, 3.8) is 0 Å². The highest BCUT2D eigenvalue weighted by Crippen LogP contribution is 2.13. The second-order valence-corrected chi connectivity index (χ2v) is 2.87. The van der Waals surface area contributed by atoms with Crippen LogP contribution in [0, 0.1) is 5.95 Å². The molecule has 0 radical (unpaired) electrons. The highest BCUT2D eigenvalue weighted by molar-refractivity contribution is 5.54. The van der Waals surface area contributed by atoms with Gasteiger partial charge in [-0.2, -0.15) is 9.49 Å². The maximum Gasteiger partial charge on any atom is 0.214 e. The fourth-order valence-electron chi connectivity index (χ4n) is 1.11. The zero-order valence-electron chi connectivity index (χ0n) is 7.61. The zero-order valence-corrected chi connectivity index (χ0v) is 7.61. The molecule has 14 heavy (non-hydrogen) atoms. The minimum absolute atomic E-state index is 0.508. The molecule has 4 nitrogen and oxygen atoms in total. The Balaban J connectivity index is 2.18. The fraction of sp³-hybridized carbons (Fsp3) is 0.111. The molecule has 0 aliphatic rings. The molecule has 0 saturated carbocycles. The van der Waals surface area contributed by atoms with Gasteiger partial charge in [0.05, 0.1) is 0 Å². The first-order valence-electron chi connectivity index (χ1n) is 4.12. The summed E-state index contributed by atoms with van der Waals surface area (Å²) in [5, 5.41) is 7.05. The highest BCUT2D eigenvalue weighted by Gasteiger charge is 1.98. The number of nitrogens with zero attached hydrogens (tertiary/aromatic N) is 3. The van der Waals surface area contributed by atoms with Gasteiger partial charge in [-0.15, -0.1) is 0 Å². The van der Waals surface area contributed by atoms with Crippen molar-refractivity contribution in [3.8, 4) is 0 Å². The summed E-state index contributed by atoms with van der Waals surface area (Å²) in [6, 6.07) is 4.80. The standard InChI is InChI=1S/C9H9FN4/c1-14-5-3-9(13-14)12-7-2-4-11-8(10)6-7/h2-6H,1H3,(H,11,12,13). The molecule has 2 rings (SSSR count). The molecule has 2 heterocycles. The van der Waals surface area contributed by atoms with Crippen LogP contribution in [-0.2, 0) is 7.05 Å². The van der Waals surface area contributed by atoms with E-state index in [1.807, 2.05) is 7.05 Å². The van der Waals surface area contributed by atoms with Crippen molar-refractivity contribution >= 4 is 11.5 Å². The van der Waals surface area contributed by atoms with Gasteiger partial charge in [0.15, 0.2) is 5.82 Å². The Morgan fingerprint density at radius 2 is 2.29 bits per heavy atom. The monoisotopic (exact) mass is 192 g/mol. The van der Waals surface area contributed by atoms with Crippen LogP contribution in [0.5, 0.6) is 0 Å². The molecule has 0 aromatic carbocycles. The van der Waals surface area contributed by atoms with Crippen molar-refractivity contribution < 1.29 is 4.39 Å². The summed E-state index contributed by atoms with van der Waals surface area (Å²) in [5.74, 6) is 0.170. The molecule has 72 valence electrons. The van der Waals surface area contributed by atoms with Crippen LogP contribution in [-0.4, -0.2) is 14.8 Å². The van der Waals surface area contributed by atoms with Crippen molar-refractivity contribution in [3.05, 3.63) is 36.5 Å². The van der Waals surface area contributed by atoms with E-state index in [0.29, 0.717) is 11.5 Å². The molecular formula is C9H9FN4. The number of rotatable bonds is 2. The van der Waals surface area contributed by atoms with Gasteiger partial charge in [-0.3, -0.25) is 4.68 Å². The maximum absolute atomic E-state index is 12.7. The average Bonchev–Trinajstić information content (AvgIpc) is 2.51. The molecular weight excluding hydrogens is 183 g/mol. The van der Waals surface area contributed by atoms with Gasteiger partial charge >= 0.3 is 0 Å².